The zero-order valence-corrected chi connectivity index (χ0v) is 12.1. The number of aromatic nitrogens is 6. The molecule has 0 fully saturated rings. The number of nitrogens with one attached hydrogen (secondary N) is 3. The first-order valence-corrected chi connectivity index (χ1v) is 7.09. The number of benzene rings is 1. The monoisotopic (exact) mass is 306 g/mol. The number of H-pyrrole nitrogens is 2. The number of rotatable bonds is 4. The number of nitrogens with two attached hydrogens (primary N) is 1. The lowest BCUT2D eigenvalue weighted by Crippen LogP contribution is -2.05. The summed E-state index contributed by atoms with van der Waals surface area (Å²) in [5, 5.41) is 17.9. The molecule has 4 rings (SSSR count). The number of nitrogen functional groups attached to an aromatic ring is 1. The van der Waals surface area contributed by atoms with Gasteiger partial charge in [-0.25, -0.2) is 4.98 Å². The van der Waals surface area contributed by atoms with E-state index in [9.17, 15) is 0 Å². The minimum Gasteiger partial charge on any atom is -0.368 e. The lowest BCUT2D eigenvalue weighted by atomic mass is 10.1. The number of aromatic amines is 2. The summed E-state index contributed by atoms with van der Waals surface area (Å²) in [4.78, 5) is 8.62. The zero-order chi connectivity index (χ0) is 15.6. The molecule has 114 valence electrons. The molecule has 23 heavy (non-hydrogen) atoms. The molecule has 5 N–H and O–H groups in total. The number of hydrogen-bond donors (Lipinski definition) is 4. The molecule has 0 bridgehead atoms. The first-order valence-electron chi connectivity index (χ1n) is 7.09. The standard InChI is InChI=1S/C15H14N8/c16-15-20-13-7-9(12-4-6-19-23-12)1-2-11(13)14(21-15)17-8-10-3-5-18-22-10/h1-7H,8H2,(H,18,22)(H,19,23)(H3,16,17,20,21). The van der Waals surface area contributed by atoms with Crippen LogP contribution in [0.2, 0.25) is 0 Å². The summed E-state index contributed by atoms with van der Waals surface area (Å²) in [6.45, 7) is 0.577. The fourth-order valence-electron chi connectivity index (χ4n) is 2.43. The maximum atomic E-state index is 5.84. The van der Waals surface area contributed by atoms with Crippen LogP contribution in [0.1, 0.15) is 5.69 Å². The highest BCUT2D eigenvalue weighted by atomic mass is 15.1. The van der Waals surface area contributed by atoms with Gasteiger partial charge >= 0.3 is 0 Å². The minimum atomic E-state index is 0.228. The van der Waals surface area contributed by atoms with Crippen LogP contribution in [0.4, 0.5) is 11.8 Å². The summed E-state index contributed by atoms with van der Waals surface area (Å²) in [5.41, 5.74) is 9.50. The third-order valence-corrected chi connectivity index (χ3v) is 3.53. The van der Waals surface area contributed by atoms with Crippen LogP contribution < -0.4 is 11.1 Å². The van der Waals surface area contributed by atoms with Crippen molar-refractivity contribution in [3.05, 3.63) is 48.4 Å². The minimum absolute atomic E-state index is 0.228. The first-order chi connectivity index (χ1) is 11.3. The topological polar surface area (TPSA) is 121 Å². The highest BCUT2D eigenvalue weighted by molar-refractivity contribution is 5.92. The Balaban J connectivity index is 1.73. The van der Waals surface area contributed by atoms with Crippen LogP contribution in [0.3, 0.4) is 0 Å². The highest BCUT2D eigenvalue weighted by Gasteiger charge is 2.09. The Morgan fingerprint density at radius 1 is 1.00 bits per heavy atom. The van der Waals surface area contributed by atoms with E-state index < -0.39 is 0 Å². The van der Waals surface area contributed by atoms with Gasteiger partial charge in [0.05, 0.1) is 23.4 Å². The van der Waals surface area contributed by atoms with Crippen molar-refractivity contribution in [3.63, 3.8) is 0 Å². The van der Waals surface area contributed by atoms with Gasteiger partial charge in [0.1, 0.15) is 5.82 Å². The maximum Gasteiger partial charge on any atom is 0.222 e. The largest absolute Gasteiger partial charge is 0.368 e. The molecule has 4 aromatic rings. The Hall–Kier alpha value is -3.42. The van der Waals surface area contributed by atoms with Gasteiger partial charge in [-0.3, -0.25) is 10.2 Å². The van der Waals surface area contributed by atoms with Crippen LogP contribution >= 0.6 is 0 Å². The van der Waals surface area contributed by atoms with Gasteiger partial charge in [-0.1, -0.05) is 6.07 Å². The number of hydrogen-bond acceptors (Lipinski definition) is 6. The van der Waals surface area contributed by atoms with Gasteiger partial charge in [0, 0.05) is 23.3 Å². The molecule has 0 radical (unpaired) electrons. The van der Waals surface area contributed by atoms with Crippen LogP contribution in [0, 0.1) is 0 Å². The lowest BCUT2D eigenvalue weighted by molar-refractivity contribution is 0.975. The van der Waals surface area contributed by atoms with E-state index in [0.717, 1.165) is 27.9 Å². The molecule has 0 unspecified atom stereocenters. The average molecular weight is 306 g/mol. The number of nitrogens with zero attached hydrogens (tertiary/aromatic N) is 4. The Bertz CT molecular complexity index is 928. The summed E-state index contributed by atoms with van der Waals surface area (Å²) >= 11 is 0. The molecule has 0 atom stereocenters. The van der Waals surface area contributed by atoms with Gasteiger partial charge < -0.3 is 11.1 Å². The highest BCUT2D eigenvalue weighted by Crippen LogP contribution is 2.26. The molecule has 0 saturated heterocycles. The van der Waals surface area contributed by atoms with Crippen molar-refractivity contribution >= 4 is 22.7 Å². The molecule has 3 heterocycles. The van der Waals surface area contributed by atoms with E-state index in [0.29, 0.717) is 12.4 Å². The van der Waals surface area contributed by atoms with Crippen molar-refractivity contribution < 1.29 is 0 Å². The molecule has 0 aliphatic rings. The molecule has 0 amide bonds. The molecule has 0 aliphatic carbocycles. The average Bonchev–Trinajstić information content (AvgIpc) is 3.25. The van der Waals surface area contributed by atoms with Crippen LogP contribution in [0.5, 0.6) is 0 Å². The molecule has 0 saturated carbocycles. The molecule has 0 spiro atoms. The molecule has 1 aromatic carbocycles. The Morgan fingerprint density at radius 2 is 1.87 bits per heavy atom. The van der Waals surface area contributed by atoms with Crippen molar-refractivity contribution in [2.75, 3.05) is 11.1 Å². The van der Waals surface area contributed by atoms with Crippen molar-refractivity contribution in [2.45, 2.75) is 6.54 Å². The summed E-state index contributed by atoms with van der Waals surface area (Å²) in [7, 11) is 0. The van der Waals surface area contributed by atoms with E-state index in [4.69, 9.17) is 5.73 Å². The molecule has 0 aliphatic heterocycles. The van der Waals surface area contributed by atoms with Gasteiger partial charge in [0.2, 0.25) is 5.95 Å². The van der Waals surface area contributed by atoms with Crippen molar-refractivity contribution in [3.8, 4) is 11.3 Å². The second-order valence-corrected chi connectivity index (χ2v) is 5.07. The summed E-state index contributed by atoms with van der Waals surface area (Å²) in [5.74, 6) is 0.921. The van der Waals surface area contributed by atoms with Crippen LogP contribution in [-0.4, -0.2) is 30.4 Å². The van der Waals surface area contributed by atoms with E-state index in [2.05, 4.69) is 35.7 Å². The van der Waals surface area contributed by atoms with E-state index >= 15 is 0 Å². The second-order valence-electron chi connectivity index (χ2n) is 5.07. The van der Waals surface area contributed by atoms with Crippen LogP contribution in [0.25, 0.3) is 22.2 Å². The van der Waals surface area contributed by atoms with Gasteiger partial charge in [0.15, 0.2) is 0 Å². The predicted octanol–water partition coefficient (Wildman–Crippen LogP) is 1.94. The maximum absolute atomic E-state index is 5.84. The smallest absolute Gasteiger partial charge is 0.222 e. The van der Waals surface area contributed by atoms with Crippen LogP contribution in [0.15, 0.2) is 42.7 Å². The summed E-state index contributed by atoms with van der Waals surface area (Å²) in [6.07, 6.45) is 3.42. The third kappa shape index (κ3) is 2.57. The number of fused-ring (bicyclic) bond motifs is 1. The van der Waals surface area contributed by atoms with Crippen molar-refractivity contribution in [2.24, 2.45) is 0 Å². The molecular weight excluding hydrogens is 292 g/mol. The second kappa shape index (κ2) is 5.41. The predicted molar refractivity (Wildman–Crippen MR) is 87.4 cm³/mol. The first kappa shape index (κ1) is 13.3. The van der Waals surface area contributed by atoms with E-state index in [1.54, 1.807) is 12.4 Å². The number of anilines is 2. The molecule has 8 heteroatoms. The van der Waals surface area contributed by atoms with Crippen LogP contribution in [-0.2, 0) is 6.54 Å². The zero-order valence-electron chi connectivity index (χ0n) is 12.1. The Labute approximate surface area is 131 Å². The SMILES string of the molecule is Nc1nc(NCc2ccn[nH]2)c2ccc(-c3ccn[nH]3)cc2n1. The normalized spacial score (nSPS) is 11.0. The van der Waals surface area contributed by atoms with Gasteiger partial charge in [0.25, 0.3) is 0 Å². The summed E-state index contributed by atoms with van der Waals surface area (Å²) in [6, 6.07) is 9.73. The van der Waals surface area contributed by atoms with Gasteiger partial charge in [-0.2, -0.15) is 15.2 Å². The fourth-order valence-corrected chi connectivity index (χ4v) is 2.43. The molecular formula is C15H14N8. The summed E-state index contributed by atoms with van der Waals surface area (Å²) < 4.78 is 0. The Morgan fingerprint density at radius 3 is 2.65 bits per heavy atom. The lowest BCUT2D eigenvalue weighted by Gasteiger charge is -2.09. The van der Waals surface area contributed by atoms with E-state index in [-0.39, 0.29) is 5.95 Å². The Kier molecular flexibility index (Phi) is 3.12. The van der Waals surface area contributed by atoms with E-state index in [1.807, 2.05) is 30.3 Å². The fraction of sp³-hybridized carbons (Fsp3) is 0.0667. The van der Waals surface area contributed by atoms with Crippen molar-refractivity contribution in [1.82, 2.24) is 30.4 Å². The van der Waals surface area contributed by atoms with Crippen molar-refractivity contribution in [1.29, 1.82) is 0 Å². The van der Waals surface area contributed by atoms with E-state index in [1.165, 1.54) is 0 Å². The molecule has 3 aromatic heterocycles. The molecule has 8 nitrogen and oxygen atoms in total. The third-order valence-electron chi connectivity index (χ3n) is 3.53. The van der Waals surface area contributed by atoms with Gasteiger partial charge in [-0.05, 0) is 24.3 Å². The quantitative estimate of drug-likeness (QED) is 0.457. The van der Waals surface area contributed by atoms with Gasteiger partial charge in [-0.15, -0.1) is 0 Å².